The van der Waals surface area contributed by atoms with Crippen molar-refractivity contribution in [1.82, 2.24) is 15.1 Å². The van der Waals surface area contributed by atoms with Crippen LogP contribution in [-0.2, 0) is 27.4 Å². The number of aryl methyl sites for hydroxylation is 1. The van der Waals surface area contributed by atoms with Gasteiger partial charge in [-0.15, -0.1) is 0 Å². The third kappa shape index (κ3) is 6.77. The van der Waals surface area contributed by atoms with Gasteiger partial charge in [0.15, 0.2) is 19.0 Å². The predicted molar refractivity (Wildman–Crippen MR) is 122 cm³/mol. The number of rotatable bonds is 10. The highest BCUT2D eigenvalue weighted by molar-refractivity contribution is 5.94. The van der Waals surface area contributed by atoms with E-state index in [1.165, 1.54) is 6.92 Å². The van der Waals surface area contributed by atoms with E-state index in [0.29, 0.717) is 24.4 Å². The number of amides is 1. The third-order valence-electron chi connectivity index (χ3n) is 5.15. The maximum Gasteiger partial charge on any atom is 0.344 e. The molecule has 0 spiro atoms. The average Bonchev–Trinajstić information content (AvgIpc) is 3.07. The smallest absolute Gasteiger partial charge is 0.344 e. The largest absolute Gasteiger partial charge is 0.482 e. The number of carbonyl (C=O) groups excluding carboxylic acids is 3. The van der Waals surface area contributed by atoms with E-state index in [9.17, 15) is 14.4 Å². The van der Waals surface area contributed by atoms with Gasteiger partial charge in [0.2, 0.25) is 0 Å². The second-order valence-corrected chi connectivity index (χ2v) is 7.60. The van der Waals surface area contributed by atoms with Crippen LogP contribution < -0.4 is 10.1 Å². The lowest BCUT2D eigenvalue weighted by atomic mass is 10.1. The van der Waals surface area contributed by atoms with Crippen LogP contribution in [0.2, 0.25) is 0 Å². The summed E-state index contributed by atoms with van der Waals surface area (Å²) in [5.74, 6) is -0.701. The van der Waals surface area contributed by atoms with E-state index in [1.807, 2.05) is 48.9 Å². The van der Waals surface area contributed by atoms with E-state index in [1.54, 1.807) is 24.3 Å². The standard InChI is InChI=1S/C25H27N3O5/c1-17-23(18(2)28(27-17)14-20-7-5-4-6-8-20)13-26-24(30)15-33-25(31)16-32-22-11-9-21(10-12-22)19(3)29/h4-12H,13-16H2,1-3H3,(H,26,30). The van der Waals surface area contributed by atoms with E-state index in [0.717, 1.165) is 22.5 Å². The second kappa shape index (κ2) is 11.1. The molecule has 0 fully saturated rings. The highest BCUT2D eigenvalue weighted by atomic mass is 16.6. The Labute approximate surface area is 192 Å². The Kier molecular flexibility index (Phi) is 7.96. The molecule has 0 atom stereocenters. The Hall–Kier alpha value is -3.94. The molecule has 0 saturated heterocycles. The van der Waals surface area contributed by atoms with Crippen LogP contribution in [0.4, 0.5) is 0 Å². The third-order valence-corrected chi connectivity index (χ3v) is 5.15. The number of ether oxygens (including phenoxy) is 2. The van der Waals surface area contributed by atoms with Crippen molar-refractivity contribution in [3.05, 3.63) is 82.7 Å². The molecule has 3 aromatic rings. The van der Waals surface area contributed by atoms with Crippen LogP contribution in [0.15, 0.2) is 54.6 Å². The van der Waals surface area contributed by atoms with E-state index < -0.39 is 18.5 Å². The van der Waals surface area contributed by atoms with Gasteiger partial charge in [0.25, 0.3) is 5.91 Å². The molecule has 1 N–H and O–H groups in total. The first-order chi connectivity index (χ1) is 15.8. The zero-order valence-corrected chi connectivity index (χ0v) is 19.0. The highest BCUT2D eigenvalue weighted by Gasteiger charge is 2.14. The van der Waals surface area contributed by atoms with Gasteiger partial charge < -0.3 is 14.8 Å². The van der Waals surface area contributed by atoms with Gasteiger partial charge in [0.1, 0.15) is 5.75 Å². The molecule has 1 heterocycles. The minimum absolute atomic E-state index is 0.0547. The molecule has 33 heavy (non-hydrogen) atoms. The Bertz CT molecular complexity index is 1120. The maximum absolute atomic E-state index is 12.1. The van der Waals surface area contributed by atoms with Crippen LogP contribution in [-0.4, -0.2) is 40.7 Å². The van der Waals surface area contributed by atoms with Gasteiger partial charge in [-0.05, 0) is 50.6 Å². The van der Waals surface area contributed by atoms with Gasteiger partial charge in [0.05, 0.1) is 12.2 Å². The number of nitrogens with zero attached hydrogens (tertiary/aromatic N) is 2. The number of nitrogens with one attached hydrogen (secondary N) is 1. The summed E-state index contributed by atoms with van der Waals surface area (Å²) in [4.78, 5) is 35.3. The number of aromatic nitrogens is 2. The summed E-state index contributed by atoms with van der Waals surface area (Å²) in [6.45, 7) is 5.54. The topological polar surface area (TPSA) is 99.5 Å². The fourth-order valence-corrected chi connectivity index (χ4v) is 3.25. The maximum atomic E-state index is 12.1. The van der Waals surface area contributed by atoms with E-state index in [2.05, 4.69) is 10.4 Å². The van der Waals surface area contributed by atoms with Gasteiger partial charge in [-0.25, -0.2) is 4.79 Å². The number of carbonyl (C=O) groups is 3. The van der Waals surface area contributed by atoms with Crippen molar-refractivity contribution in [2.75, 3.05) is 13.2 Å². The molecule has 172 valence electrons. The first kappa shape index (κ1) is 23.7. The van der Waals surface area contributed by atoms with Crippen LogP contribution >= 0.6 is 0 Å². The van der Waals surface area contributed by atoms with Crippen molar-refractivity contribution < 1.29 is 23.9 Å². The minimum atomic E-state index is -0.663. The number of Topliss-reactive ketones (excluding diaryl/α,β-unsaturated/α-hetero) is 1. The molecule has 0 aliphatic rings. The van der Waals surface area contributed by atoms with Gasteiger partial charge in [-0.3, -0.25) is 14.3 Å². The van der Waals surface area contributed by atoms with Crippen LogP contribution in [0.5, 0.6) is 5.75 Å². The Morgan fingerprint density at radius 1 is 0.970 bits per heavy atom. The summed E-state index contributed by atoms with van der Waals surface area (Å²) in [7, 11) is 0. The molecule has 1 amide bonds. The quantitative estimate of drug-likeness (QED) is 0.377. The van der Waals surface area contributed by atoms with Gasteiger partial charge >= 0.3 is 5.97 Å². The number of hydrogen-bond donors (Lipinski definition) is 1. The van der Waals surface area contributed by atoms with Crippen LogP contribution in [0.1, 0.15) is 39.8 Å². The molecular weight excluding hydrogens is 422 g/mol. The first-order valence-electron chi connectivity index (χ1n) is 10.6. The zero-order valence-electron chi connectivity index (χ0n) is 19.0. The Balaban J connectivity index is 1.43. The fraction of sp³-hybridized carbons (Fsp3) is 0.280. The van der Waals surface area contributed by atoms with Crippen molar-refractivity contribution in [3.8, 4) is 5.75 Å². The van der Waals surface area contributed by atoms with E-state index in [4.69, 9.17) is 9.47 Å². The molecule has 0 aliphatic carbocycles. The average molecular weight is 450 g/mol. The van der Waals surface area contributed by atoms with Crippen LogP contribution in [0.25, 0.3) is 0 Å². The SMILES string of the molecule is CC(=O)c1ccc(OCC(=O)OCC(=O)NCc2c(C)nn(Cc3ccccc3)c2C)cc1. The molecule has 2 aromatic carbocycles. The molecule has 0 unspecified atom stereocenters. The Morgan fingerprint density at radius 3 is 2.33 bits per heavy atom. The Morgan fingerprint density at radius 2 is 1.67 bits per heavy atom. The van der Waals surface area contributed by atoms with Crippen molar-refractivity contribution >= 4 is 17.7 Å². The lowest BCUT2D eigenvalue weighted by Crippen LogP contribution is -2.29. The van der Waals surface area contributed by atoms with Crippen molar-refractivity contribution in [3.63, 3.8) is 0 Å². The molecule has 8 heteroatoms. The second-order valence-electron chi connectivity index (χ2n) is 7.60. The summed E-state index contributed by atoms with van der Waals surface area (Å²) in [5, 5.41) is 7.33. The lowest BCUT2D eigenvalue weighted by molar-refractivity contribution is -0.150. The molecule has 1 aromatic heterocycles. The molecule has 3 rings (SSSR count). The summed E-state index contributed by atoms with van der Waals surface area (Å²) < 4.78 is 12.2. The molecule has 8 nitrogen and oxygen atoms in total. The number of esters is 1. The monoisotopic (exact) mass is 449 g/mol. The fourth-order valence-electron chi connectivity index (χ4n) is 3.25. The van der Waals surface area contributed by atoms with Gasteiger partial charge in [0, 0.05) is 23.4 Å². The van der Waals surface area contributed by atoms with Crippen LogP contribution in [0.3, 0.4) is 0 Å². The summed E-state index contributed by atoms with van der Waals surface area (Å²) in [6.07, 6.45) is 0. The van der Waals surface area contributed by atoms with Gasteiger partial charge in [-0.2, -0.15) is 5.10 Å². The van der Waals surface area contributed by atoms with Gasteiger partial charge in [-0.1, -0.05) is 30.3 Å². The summed E-state index contributed by atoms with van der Waals surface area (Å²) in [6, 6.07) is 16.4. The number of benzene rings is 2. The normalized spacial score (nSPS) is 10.5. The van der Waals surface area contributed by atoms with Crippen LogP contribution in [0, 0.1) is 13.8 Å². The van der Waals surface area contributed by atoms with Crippen molar-refractivity contribution in [2.45, 2.75) is 33.9 Å². The summed E-state index contributed by atoms with van der Waals surface area (Å²) in [5.41, 5.74) is 4.44. The van der Waals surface area contributed by atoms with Crippen molar-refractivity contribution in [2.24, 2.45) is 0 Å². The first-order valence-corrected chi connectivity index (χ1v) is 10.6. The molecular formula is C25H27N3O5. The number of ketones is 1. The summed E-state index contributed by atoms with van der Waals surface area (Å²) >= 11 is 0. The van der Waals surface area contributed by atoms with Crippen molar-refractivity contribution in [1.29, 1.82) is 0 Å². The lowest BCUT2D eigenvalue weighted by Gasteiger charge is -2.09. The van der Waals surface area contributed by atoms with E-state index >= 15 is 0 Å². The zero-order chi connectivity index (χ0) is 23.8. The molecule has 0 radical (unpaired) electrons. The predicted octanol–water partition coefficient (Wildman–Crippen LogP) is 2.99. The molecule has 0 saturated carbocycles. The van der Waals surface area contributed by atoms with E-state index in [-0.39, 0.29) is 12.4 Å². The molecule has 0 bridgehead atoms. The molecule has 0 aliphatic heterocycles. The minimum Gasteiger partial charge on any atom is -0.482 e. The number of hydrogen-bond acceptors (Lipinski definition) is 6. The highest BCUT2D eigenvalue weighted by Crippen LogP contribution is 2.15.